The minimum Gasteiger partial charge on any atom is -0.454 e. The molecule has 1 aliphatic heterocycles. The molecule has 0 fully saturated rings. The third-order valence-corrected chi connectivity index (χ3v) is 3.37. The smallest absolute Gasteiger partial charge is 0.270 e. The van der Waals surface area contributed by atoms with E-state index in [0.29, 0.717) is 12.2 Å². The van der Waals surface area contributed by atoms with Gasteiger partial charge in [0.2, 0.25) is 6.79 Å². The Hall–Kier alpha value is -2.43. The van der Waals surface area contributed by atoms with Gasteiger partial charge in [-0.25, -0.2) is 0 Å². The Labute approximate surface area is 117 Å². The maximum Gasteiger partial charge on any atom is 0.270 e. The van der Waals surface area contributed by atoms with Crippen LogP contribution in [0.15, 0.2) is 36.5 Å². The van der Waals surface area contributed by atoms with Gasteiger partial charge in [0.05, 0.1) is 0 Å². The highest BCUT2D eigenvalue weighted by molar-refractivity contribution is 5.92. The molecule has 5 heteroatoms. The Kier molecular flexibility index (Phi) is 3.10. The summed E-state index contributed by atoms with van der Waals surface area (Å²) >= 11 is 0. The van der Waals surface area contributed by atoms with Crippen molar-refractivity contribution in [3.8, 4) is 11.5 Å². The molecule has 2 aromatic rings. The highest BCUT2D eigenvalue weighted by atomic mass is 16.7. The van der Waals surface area contributed by atoms with E-state index in [-0.39, 0.29) is 12.7 Å². The van der Waals surface area contributed by atoms with E-state index in [1.165, 1.54) is 0 Å². The van der Waals surface area contributed by atoms with Crippen LogP contribution in [-0.4, -0.2) is 29.2 Å². The lowest BCUT2D eigenvalue weighted by molar-refractivity contribution is 0.0775. The first-order chi connectivity index (χ1) is 9.65. The number of hydrogen-bond acceptors (Lipinski definition) is 3. The van der Waals surface area contributed by atoms with Crippen molar-refractivity contribution >= 4 is 5.91 Å². The minimum absolute atomic E-state index is 0.00448. The average molecular weight is 272 g/mol. The van der Waals surface area contributed by atoms with Crippen molar-refractivity contribution in [2.24, 2.45) is 7.05 Å². The van der Waals surface area contributed by atoms with Crippen molar-refractivity contribution in [1.29, 1.82) is 0 Å². The van der Waals surface area contributed by atoms with Crippen LogP contribution in [0, 0.1) is 0 Å². The van der Waals surface area contributed by atoms with Gasteiger partial charge >= 0.3 is 0 Å². The molecule has 0 atom stereocenters. The van der Waals surface area contributed by atoms with Crippen molar-refractivity contribution in [1.82, 2.24) is 9.47 Å². The fraction of sp³-hybridized carbons (Fsp3) is 0.267. The maximum absolute atomic E-state index is 12.3. The minimum atomic E-state index is -0.00448. The second kappa shape index (κ2) is 4.92. The molecule has 1 amide bonds. The Morgan fingerprint density at radius 2 is 2.10 bits per heavy atom. The number of carbonyl (C=O) groups excluding carboxylic acids is 1. The molecule has 20 heavy (non-hydrogen) atoms. The molecule has 0 saturated heterocycles. The van der Waals surface area contributed by atoms with E-state index >= 15 is 0 Å². The van der Waals surface area contributed by atoms with Crippen LogP contribution in [0.2, 0.25) is 0 Å². The number of nitrogens with zero attached hydrogens (tertiary/aromatic N) is 2. The van der Waals surface area contributed by atoms with Crippen molar-refractivity contribution in [3.05, 3.63) is 47.8 Å². The zero-order valence-corrected chi connectivity index (χ0v) is 11.5. The molecule has 0 N–H and O–H groups in total. The van der Waals surface area contributed by atoms with E-state index in [2.05, 4.69) is 0 Å². The van der Waals surface area contributed by atoms with Crippen LogP contribution in [0.25, 0.3) is 0 Å². The van der Waals surface area contributed by atoms with Gasteiger partial charge in [0.15, 0.2) is 11.5 Å². The van der Waals surface area contributed by atoms with Crippen LogP contribution in [-0.2, 0) is 13.6 Å². The van der Waals surface area contributed by atoms with Crippen LogP contribution in [0.5, 0.6) is 11.5 Å². The summed E-state index contributed by atoms with van der Waals surface area (Å²) in [6.45, 7) is 0.789. The molecule has 0 aliphatic carbocycles. The van der Waals surface area contributed by atoms with Gasteiger partial charge in [0.25, 0.3) is 5.91 Å². The summed E-state index contributed by atoms with van der Waals surface area (Å²) in [7, 11) is 3.65. The number of benzene rings is 1. The Bertz CT molecular complexity index is 648. The van der Waals surface area contributed by atoms with E-state index in [9.17, 15) is 4.79 Å². The molecule has 104 valence electrons. The summed E-state index contributed by atoms with van der Waals surface area (Å²) in [5.74, 6) is 1.49. The largest absolute Gasteiger partial charge is 0.454 e. The summed E-state index contributed by atoms with van der Waals surface area (Å²) in [4.78, 5) is 14.0. The van der Waals surface area contributed by atoms with Gasteiger partial charge in [-0.05, 0) is 29.8 Å². The summed E-state index contributed by atoms with van der Waals surface area (Å²) in [6.07, 6.45) is 1.86. The lowest BCUT2D eigenvalue weighted by atomic mass is 10.2. The van der Waals surface area contributed by atoms with Crippen LogP contribution >= 0.6 is 0 Å². The summed E-state index contributed by atoms with van der Waals surface area (Å²) in [5, 5.41) is 0. The molecule has 0 saturated carbocycles. The number of fused-ring (bicyclic) bond motifs is 1. The first kappa shape index (κ1) is 12.6. The quantitative estimate of drug-likeness (QED) is 0.858. The van der Waals surface area contributed by atoms with Crippen molar-refractivity contribution < 1.29 is 14.3 Å². The molecule has 1 aromatic carbocycles. The third kappa shape index (κ3) is 2.22. The Balaban J connectivity index is 1.74. The van der Waals surface area contributed by atoms with Gasteiger partial charge in [0, 0.05) is 26.8 Å². The predicted molar refractivity (Wildman–Crippen MR) is 73.8 cm³/mol. The number of aromatic nitrogens is 1. The SMILES string of the molecule is CN(Cc1ccc2c(c1)OCO2)C(=O)c1cccn1C. The van der Waals surface area contributed by atoms with Gasteiger partial charge < -0.3 is 18.9 Å². The van der Waals surface area contributed by atoms with Crippen LogP contribution < -0.4 is 9.47 Å². The van der Waals surface area contributed by atoms with E-state index in [4.69, 9.17) is 9.47 Å². The van der Waals surface area contributed by atoms with Crippen LogP contribution in [0.4, 0.5) is 0 Å². The second-order valence-corrected chi connectivity index (χ2v) is 4.85. The summed E-state index contributed by atoms with van der Waals surface area (Å²) in [6, 6.07) is 9.41. The van der Waals surface area contributed by atoms with E-state index in [1.54, 1.807) is 11.9 Å². The molecule has 0 bridgehead atoms. The first-order valence-corrected chi connectivity index (χ1v) is 6.40. The van der Waals surface area contributed by atoms with Crippen LogP contribution in [0.1, 0.15) is 16.1 Å². The van der Waals surface area contributed by atoms with Crippen molar-refractivity contribution in [3.63, 3.8) is 0 Å². The van der Waals surface area contributed by atoms with Crippen molar-refractivity contribution in [2.75, 3.05) is 13.8 Å². The third-order valence-electron chi connectivity index (χ3n) is 3.37. The van der Waals surface area contributed by atoms with E-state index in [0.717, 1.165) is 17.1 Å². The number of aryl methyl sites for hydroxylation is 1. The van der Waals surface area contributed by atoms with Gasteiger partial charge in [-0.3, -0.25) is 4.79 Å². The molecule has 3 rings (SSSR count). The monoisotopic (exact) mass is 272 g/mol. The number of ether oxygens (including phenoxy) is 2. The molecular weight excluding hydrogens is 256 g/mol. The van der Waals surface area contributed by atoms with Gasteiger partial charge in [-0.1, -0.05) is 6.07 Å². The molecule has 1 aliphatic rings. The molecule has 5 nitrogen and oxygen atoms in total. The summed E-state index contributed by atoms with van der Waals surface area (Å²) < 4.78 is 12.4. The molecule has 2 heterocycles. The number of rotatable bonds is 3. The average Bonchev–Trinajstić information content (AvgIpc) is 3.05. The number of amides is 1. The zero-order chi connectivity index (χ0) is 14.1. The number of hydrogen-bond donors (Lipinski definition) is 0. The second-order valence-electron chi connectivity index (χ2n) is 4.85. The van der Waals surface area contributed by atoms with Gasteiger partial charge in [-0.15, -0.1) is 0 Å². The first-order valence-electron chi connectivity index (χ1n) is 6.40. The van der Waals surface area contributed by atoms with Crippen molar-refractivity contribution in [2.45, 2.75) is 6.54 Å². The molecular formula is C15H16N2O3. The molecule has 0 radical (unpaired) electrons. The lowest BCUT2D eigenvalue weighted by Crippen LogP contribution is -2.27. The maximum atomic E-state index is 12.3. The highest BCUT2D eigenvalue weighted by Crippen LogP contribution is 2.32. The standard InChI is InChI=1S/C15H16N2O3/c1-16-7-3-4-12(16)15(18)17(2)9-11-5-6-13-14(8-11)20-10-19-13/h3-8H,9-10H2,1-2H3. The Morgan fingerprint density at radius 3 is 2.85 bits per heavy atom. The van der Waals surface area contributed by atoms with E-state index in [1.807, 2.05) is 48.1 Å². The normalized spacial score (nSPS) is 12.5. The van der Waals surface area contributed by atoms with E-state index < -0.39 is 0 Å². The fourth-order valence-corrected chi connectivity index (χ4v) is 2.26. The van der Waals surface area contributed by atoms with Crippen LogP contribution in [0.3, 0.4) is 0 Å². The van der Waals surface area contributed by atoms with Gasteiger partial charge in [0.1, 0.15) is 5.69 Å². The molecule has 1 aromatic heterocycles. The Morgan fingerprint density at radius 1 is 1.30 bits per heavy atom. The summed E-state index contributed by atoms with van der Waals surface area (Å²) in [5.41, 5.74) is 1.69. The highest BCUT2D eigenvalue weighted by Gasteiger charge is 2.17. The number of carbonyl (C=O) groups is 1. The zero-order valence-electron chi connectivity index (χ0n) is 11.5. The fourth-order valence-electron chi connectivity index (χ4n) is 2.26. The molecule has 0 unspecified atom stereocenters. The molecule has 0 spiro atoms. The topological polar surface area (TPSA) is 43.7 Å². The lowest BCUT2D eigenvalue weighted by Gasteiger charge is -2.17. The predicted octanol–water partition coefficient (Wildman–Crippen LogP) is 2.03. The van der Waals surface area contributed by atoms with Gasteiger partial charge in [-0.2, -0.15) is 0 Å².